The first-order valence-corrected chi connectivity index (χ1v) is 11.2. The van der Waals surface area contributed by atoms with E-state index in [4.69, 9.17) is 25.5 Å². The Morgan fingerprint density at radius 3 is 2.50 bits per heavy atom. The highest BCUT2D eigenvalue weighted by atomic mass is 35.5. The largest absolute Gasteiger partial charge is 0.492 e. The van der Waals surface area contributed by atoms with Crippen LogP contribution in [-0.2, 0) is 4.79 Å². The van der Waals surface area contributed by atoms with Crippen molar-refractivity contribution in [2.75, 3.05) is 18.5 Å². The minimum Gasteiger partial charge on any atom is -0.492 e. The van der Waals surface area contributed by atoms with Gasteiger partial charge in [0.2, 0.25) is 5.78 Å². The minimum atomic E-state index is -0.413. The zero-order valence-corrected chi connectivity index (χ0v) is 19.9. The predicted octanol–water partition coefficient (Wildman–Crippen LogP) is 6.35. The Hall–Kier alpha value is -3.77. The molecule has 0 aliphatic rings. The number of hydrogen-bond donors (Lipinski definition) is 1. The van der Waals surface area contributed by atoms with Gasteiger partial charge in [0.15, 0.2) is 12.4 Å². The summed E-state index contributed by atoms with van der Waals surface area (Å²) in [6.07, 6.45) is 0. The molecule has 4 aromatic rings. The van der Waals surface area contributed by atoms with Gasteiger partial charge < -0.3 is 19.2 Å². The summed E-state index contributed by atoms with van der Waals surface area (Å²) < 4.78 is 16.9. The summed E-state index contributed by atoms with van der Waals surface area (Å²) in [4.78, 5) is 26.0. The maximum atomic E-state index is 13.3. The number of carbonyl (C=O) groups is 2. The van der Waals surface area contributed by atoms with Gasteiger partial charge >= 0.3 is 0 Å². The Bertz CT molecular complexity index is 1370. The molecule has 1 amide bonds. The Labute approximate surface area is 202 Å². The first-order valence-electron chi connectivity index (χ1n) is 10.9. The van der Waals surface area contributed by atoms with Crippen molar-refractivity contribution in [3.05, 3.63) is 88.1 Å². The molecule has 0 spiro atoms. The van der Waals surface area contributed by atoms with E-state index < -0.39 is 11.7 Å². The highest BCUT2D eigenvalue weighted by Crippen LogP contribution is 2.34. The van der Waals surface area contributed by atoms with E-state index in [1.165, 1.54) is 6.07 Å². The van der Waals surface area contributed by atoms with E-state index in [2.05, 4.69) is 5.32 Å². The van der Waals surface area contributed by atoms with E-state index in [1.54, 1.807) is 36.4 Å². The number of amides is 1. The third-order valence-corrected chi connectivity index (χ3v) is 5.70. The number of hydrogen-bond acceptors (Lipinski definition) is 5. The van der Waals surface area contributed by atoms with E-state index in [-0.39, 0.29) is 12.4 Å². The summed E-state index contributed by atoms with van der Waals surface area (Å²) in [5.41, 5.74) is 3.29. The first-order chi connectivity index (χ1) is 16.4. The number of ketones is 1. The lowest BCUT2D eigenvalue weighted by atomic mass is 10.1. The Kier molecular flexibility index (Phi) is 6.89. The van der Waals surface area contributed by atoms with Crippen LogP contribution < -0.4 is 14.8 Å². The number of halogens is 1. The number of aryl methyl sites for hydroxylation is 2. The van der Waals surface area contributed by atoms with Crippen molar-refractivity contribution >= 4 is 39.9 Å². The van der Waals surface area contributed by atoms with Crippen LogP contribution in [0.3, 0.4) is 0 Å². The number of fused-ring (bicyclic) bond motifs is 1. The second kappa shape index (κ2) is 10.0. The van der Waals surface area contributed by atoms with Crippen molar-refractivity contribution in [1.29, 1.82) is 0 Å². The molecule has 0 saturated heterocycles. The fourth-order valence-corrected chi connectivity index (χ4v) is 3.74. The van der Waals surface area contributed by atoms with Crippen LogP contribution in [0.15, 0.2) is 65.1 Å². The summed E-state index contributed by atoms with van der Waals surface area (Å²) in [6.45, 7) is 6.07. The van der Waals surface area contributed by atoms with Crippen LogP contribution in [-0.4, -0.2) is 24.9 Å². The molecule has 0 aliphatic heterocycles. The minimum absolute atomic E-state index is 0.0148. The van der Waals surface area contributed by atoms with E-state index in [0.29, 0.717) is 45.3 Å². The van der Waals surface area contributed by atoms with Gasteiger partial charge in [0.1, 0.15) is 17.1 Å². The molecule has 0 fully saturated rings. The zero-order chi connectivity index (χ0) is 24.2. The average Bonchev–Trinajstić information content (AvgIpc) is 3.19. The monoisotopic (exact) mass is 477 g/mol. The molecule has 3 aromatic carbocycles. The highest BCUT2D eigenvalue weighted by Gasteiger charge is 2.24. The topological polar surface area (TPSA) is 77.8 Å². The van der Waals surface area contributed by atoms with Crippen LogP contribution in [0.4, 0.5) is 5.69 Å². The van der Waals surface area contributed by atoms with Crippen molar-refractivity contribution in [1.82, 2.24) is 0 Å². The van der Waals surface area contributed by atoms with Gasteiger partial charge in [-0.25, -0.2) is 0 Å². The summed E-state index contributed by atoms with van der Waals surface area (Å²) in [6, 6.07) is 17.5. The fraction of sp³-hybridized carbons (Fsp3) is 0.185. The van der Waals surface area contributed by atoms with Crippen LogP contribution in [0, 0.1) is 13.8 Å². The molecule has 1 N–H and O–H groups in total. The number of anilines is 1. The molecule has 0 unspecified atom stereocenters. The van der Waals surface area contributed by atoms with Crippen LogP contribution in [0.1, 0.15) is 34.2 Å². The van der Waals surface area contributed by atoms with Crippen molar-refractivity contribution < 1.29 is 23.5 Å². The number of benzene rings is 3. The summed E-state index contributed by atoms with van der Waals surface area (Å²) >= 11 is 6.27. The van der Waals surface area contributed by atoms with E-state index in [1.807, 2.05) is 39.0 Å². The maximum absolute atomic E-state index is 13.3. The van der Waals surface area contributed by atoms with Gasteiger partial charge in [-0.05, 0) is 74.4 Å². The molecule has 1 aromatic heterocycles. The van der Waals surface area contributed by atoms with Gasteiger partial charge in [-0.2, -0.15) is 0 Å². The van der Waals surface area contributed by atoms with Crippen LogP contribution >= 0.6 is 11.6 Å². The number of rotatable bonds is 8. The standard InChI is InChI=1S/C27H24ClNO5/c1-4-32-23-12-10-18(14-21(23)28)26(31)27-25(20-7-5-6-8-22(20)34-27)29-24(30)15-33-19-11-9-16(2)17(3)13-19/h5-14H,4,15H2,1-3H3,(H,29,30). The molecule has 0 aliphatic carbocycles. The number of nitrogens with one attached hydrogen (secondary N) is 1. The molecule has 0 radical (unpaired) electrons. The Morgan fingerprint density at radius 1 is 0.971 bits per heavy atom. The number of furan rings is 1. The van der Waals surface area contributed by atoms with Gasteiger partial charge in [-0.3, -0.25) is 9.59 Å². The third kappa shape index (κ3) is 4.92. The van der Waals surface area contributed by atoms with E-state index in [9.17, 15) is 9.59 Å². The smallest absolute Gasteiger partial charge is 0.262 e. The van der Waals surface area contributed by atoms with Crippen LogP contribution in [0.25, 0.3) is 11.0 Å². The van der Waals surface area contributed by atoms with Crippen molar-refractivity contribution in [3.63, 3.8) is 0 Å². The van der Waals surface area contributed by atoms with Gasteiger partial charge in [0, 0.05) is 10.9 Å². The van der Waals surface area contributed by atoms with Crippen molar-refractivity contribution in [2.24, 2.45) is 0 Å². The molecule has 34 heavy (non-hydrogen) atoms. The van der Waals surface area contributed by atoms with Gasteiger partial charge in [0.25, 0.3) is 5.91 Å². The molecule has 174 valence electrons. The molecular weight excluding hydrogens is 454 g/mol. The molecule has 4 rings (SSSR count). The Morgan fingerprint density at radius 2 is 1.76 bits per heavy atom. The number of ether oxygens (including phenoxy) is 2. The molecular formula is C27H24ClNO5. The lowest BCUT2D eigenvalue weighted by Crippen LogP contribution is -2.21. The summed E-state index contributed by atoms with van der Waals surface area (Å²) in [5, 5.41) is 3.72. The maximum Gasteiger partial charge on any atom is 0.262 e. The molecule has 6 nitrogen and oxygen atoms in total. The highest BCUT2D eigenvalue weighted by molar-refractivity contribution is 6.32. The second-order valence-corrected chi connectivity index (χ2v) is 8.20. The lowest BCUT2D eigenvalue weighted by molar-refractivity contribution is -0.118. The molecule has 7 heteroatoms. The van der Waals surface area contributed by atoms with Gasteiger partial charge in [0.05, 0.1) is 17.3 Å². The molecule has 0 atom stereocenters. The van der Waals surface area contributed by atoms with Gasteiger partial charge in [-0.15, -0.1) is 0 Å². The quantitative estimate of drug-likeness (QED) is 0.299. The van der Waals surface area contributed by atoms with Crippen LogP contribution in [0.5, 0.6) is 11.5 Å². The van der Waals surface area contributed by atoms with Crippen LogP contribution in [0.2, 0.25) is 5.02 Å². The van der Waals surface area contributed by atoms with E-state index >= 15 is 0 Å². The molecule has 1 heterocycles. The van der Waals surface area contributed by atoms with Gasteiger partial charge in [-0.1, -0.05) is 29.8 Å². The SMILES string of the molecule is CCOc1ccc(C(=O)c2oc3ccccc3c2NC(=O)COc2ccc(C)c(C)c2)cc1Cl. The average molecular weight is 478 g/mol. The number of carbonyl (C=O) groups excluding carboxylic acids is 2. The van der Waals surface area contributed by atoms with E-state index in [0.717, 1.165) is 11.1 Å². The fourth-order valence-electron chi connectivity index (χ4n) is 3.50. The zero-order valence-electron chi connectivity index (χ0n) is 19.1. The number of para-hydroxylation sites is 1. The molecule has 0 bridgehead atoms. The normalized spacial score (nSPS) is 10.8. The van der Waals surface area contributed by atoms with Crippen molar-refractivity contribution in [3.8, 4) is 11.5 Å². The Balaban J connectivity index is 1.60. The molecule has 0 saturated carbocycles. The summed E-state index contributed by atoms with van der Waals surface area (Å²) in [7, 11) is 0. The van der Waals surface area contributed by atoms with Crippen molar-refractivity contribution in [2.45, 2.75) is 20.8 Å². The third-order valence-electron chi connectivity index (χ3n) is 5.41. The predicted molar refractivity (Wildman–Crippen MR) is 132 cm³/mol. The second-order valence-electron chi connectivity index (χ2n) is 7.79. The summed E-state index contributed by atoms with van der Waals surface area (Å²) in [5.74, 6) is 0.272. The first kappa shape index (κ1) is 23.4. The lowest BCUT2D eigenvalue weighted by Gasteiger charge is -2.10.